The van der Waals surface area contributed by atoms with Gasteiger partial charge in [-0.25, -0.2) is 4.39 Å². The van der Waals surface area contributed by atoms with E-state index >= 15 is 0 Å². The van der Waals surface area contributed by atoms with E-state index in [9.17, 15) is 9.18 Å². The van der Waals surface area contributed by atoms with E-state index in [2.05, 4.69) is 20.3 Å². The molecule has 174 valence electrons. The monoisotopic (exact) mass is 461 g/mol. The number of amides is 1. The highest BCUT2D eigenvalue weighted by Gasteiger charge is 2.35. The zero-order valence-electron chi connectivity index (χ0n) is 18.8. The zero-order valence-corrected chi connectivity index (χ0v) is 18.8. The summed E-state index contributed by atoms with van der Waals surface area (Å²) in [5.41, 5.74) is 2.65. The lowest BCUT2D eigenvalue weighted by molar-refractivity contribution is 0.0995. The number of halogens is 1. The first-order valence-electron chi connectivity index (χ1n) is 11.5. The van der Waals surface area contributed by atoms with Crippen LogP contribution in [0.3, 0.4) is 0 Å². The molecule has 1 amide bonds. The number of carbonyl (C=O) groups excluding carboxylic acids is 1. The van der Waals surface area contributed by atoms with Gasteiger partial charge in [-0.3, -0.25) is 14.7 Å². The minimum Gasteiger partial charge on any atom is -0.496 e. The number of anilines is 1. The van der Waals surface area contributed by atoms with E-state index < -0.39 is 5.82 Å². The number of rotatable bonds is 6. The standard InChI is InChI=1S/C25H24FN5O3/c1-33-20-4-2-3-18(26)22(20)23-17-13-31(24(32)16(17)8-10-28-23)21-11-19(14-5-6-14)29-25(30-21)34-15-7-9-27-12-15/h2-4,8,10-11,14-15,27H,5-7,9,12-13H2,1H3. The first-order valence-corrected chi connectivity index (χ1v) is 11.5. The Balaban J connectivity index is 1.39. The van der Waals surface area contributed by atoms with Gasteiger partial charge in [0.2, 0.25) is 0 Å². The fourth-order valence-electron chi connectivity index (χ4n) is 4.62. The van der Waals surface area contributed by atoms with E-state index in [1.54, 1.807) is 23.1 Å². The summed E-state index contributed by atoms with van der Waals surface area (Å²) >= 11 is 0. The second-order valence-corrected chi connectivity index (χ2v) is 8.83. The Labute approximate surface area is 196 Å². The van der Waals surface area contributed by atoms with Crippen LogP contribution < -0.4 is 19.7 Å². The molecule has 6 rings (SSSR count). The number of benzene rings is 1. The third-order valence-corrected chi connectivity index (χ3v) is 6.55. The van der Waals surface area contributed by atoms with Crippen LogP contribution in [0.4, 0.5) is 10.2 Å². The van der Waals surface area contributed by atoms with Crippen LogP contribution in [-0.4, -0.2) is 47.2 Å². The van der Waals surface area contributed by atoms with E-state index in [0.717, 1.165) is 38.0 Å². The van der Waals surface area contributed by atoms with Gasteiger partial charge in [0.15, 0.2) is 0 Å². The molecular weight excluding hydrogens is 437 g/mol. The van der Waals surface area contributed by atoms with Crippen molar-refractivity contribution in [3.05, 3.63) is 59.2 Å². The van der Waals surface area contributed by atoms with Gasteiger partial charge in [0.05, 0.1) is 30.6 Å². The number of nitrogens with one attached hydrogen (secondary N) is 1. The maximum atomic E-state index is 14.8. The molecule has 0 radical (unpaired) electrons. The van der Waals surface area contributed by atoms with Crippen LogP contribution in [0, 0.1) is 5.82 Å². The van der Waals surface area contributed by atoms with Crippen LogP contribution in [-0.2, 0) is 6.54 Å². The van der Waals surface area contributed by atoms with Gasteiger partial charge in [-0.1, -0.05) is 6.07 Å². The lowest BCUT2D eigenvalue weighted by Gasteiger charge is -2.18. The molecule has 1 aromatic carbocycles. The molecule has 1 atom stereocenters. The Bertz CT molecular complexity index is 1270. The second kappa shape index (κ2) is 8.32. The number of pyridine rings is 1. The van der Waals surface area contributed by atoms with E-state index in [1.165, 1.54) is 19.4 Å². The van der Waals surface area contributed by atoms with E-state index in [1.807, 2.05) is 6.07 Å². The molecule has 34 heavy (non-hydrogen) atoms. The molecule has 2 fully saturated rings. The number of fused-ring (bicyclic) bond motifs is 1. The van der Waals surface area contributed by atoms with Gasteiger partial charge >= 0.3 is 6.01 Å². The third kappa shape index (κ3) is 3.66. The van der Waals surface area contributed by atoms with E-state index in [4.69, 9.17) is 9.47 Å². The van der Waals surface area contributed by atoms with E-state index in [-0.39, 0.29) is 24.1 Å². The lowest BCUT2D eigenvalue weighted by Crippen LogP contribution is -2.26. The summed E-state index contributed by atoms with van der Waals surface area (Å²) in [6, 6.07) is 8.46. The van der Waals surface area contributed by atoms with Crippen molar-refractivity contribution in [2.24, 2.45) is 0 Å². The van der Waals surface area contributed by atoms with Gasteiger partial charge in [-0.2, -0.15) is 9.97 Å². The molecule has 2 aromatic heterocycles. The smallest absolute Gasteiger partial charge is 0.318 e. The first kappa shape index (κ1) is 21.0. The number of hydrogen-bond donors (Lipinski definition) is 1. The van der Waals surface area contributed by atoms with Crippen molar-refractivity contribution >= 4 is 11.7 Å². The van der Waals surface area contributed by atoms with Gasteiger partial charge in [-0.15, -0.1) is 0 Å². The maximum Gasteiger partial charge on any atom is 0.318 e. The predicted octanol–water partition coefficient (Wildman–Crippen LogP) is 3.46. The van der Waals surface area contributed by atoms with E-state index in [0.29, 0.717) is 40.3 Å². The third-order valence-electron chi connectivity index (χ3n) is 6.55. The highest BCUT2D eigenvalue weighted by Crippen LogP contribution is 2.42. The molecule has 0 bridgehead atoms. The molecule has 2 aliphatic heterocycles. The molecule has 1 saturated carbocycles. The van der Waals surface area contributed by atoms with Crippen LogP contribution >= 0.6 is 0 Å². The van der Waals surface area contributed by atoms with Gasteiger partial charge in [0, 0.05) is 35.9 Å². The summed E-state index contributed by atoms with van der Waals surface area (Å²) in [4.78, 5) is 28.7. The number of aromatic nitrogens is 3. The number of hydrogen-bond acceptors (Lipinski definition) is 7. The zero-order chi connectivity index (χ0) is 23.2. The summed E-state index contributed by atoms with van der Waals surface area (Å²) in [5, 5.41) is 3.27. The van der Waals surface area contributed by atoms with Crippen LogP contribution in [0.25, 0.3) is 11.3 Å². The summed E-state index contributed by atoms with van der Waals surface area (Å²) in [5.74, 6) is 0.565. The molecule has 0 spiro atoms. The fourth-order valence-corrected chi connectivity index (χ4v) is 4.62. The lowest BCUT2D eigenvalue weighted by atomic mass is 10.0. The van der Waals surface area contributed by atoms with Crippen molar-refractivity contribution < 1.29 is 18.7 Å². The molecule has 4 heterocycles. The molecule has 1 aliphatic carbocycles. The minimum absolute atomic E-state index is 0.0121. The van der Waals surface area contributed by atoms with Crippen molar-refractivity contribution in [3.63, 3.8) is 0 Å². The normalized spacial score (nSPS) is 19.4. The van der Waals surface area contributed by atoms with Gasteiger partial charge in [0.25, 0.3) is 5.91 Å². The molecular formula is C25H24FN5O3. The molecule has 3 aromatic rings. The first-order chi connectivity index (χ1) is 16.6. The SMILES string of the molecule is COc1cccc(F)c1-c1nccc2c1CN(c1cc(C3CC3)nc(OC3CCNC3)n1)C2=O. The Kier molecular flexibility index (Phi) is 5.13. The van der Waals surface area contributed by atoms with Crippen molar-refractivity contribution in [2.75, 3.05) is 25.1 Å². The van der Waals surface area contributed by atoms with Crippen molar-refractivity contribution in [3.8, 4) is 23.0 Å². The van der Waals surface area contributed by atoms with Crippen LogP contribution in [0.1, 0.15) is 46.8 Å². The highest BCUT2D eigenvalue weighted by molar-refractivity contribution is 6.10. The molecule has 3 aliphatic rings. The average molecular weight is 461 g/mol. The Morgan fingerprint density at radius 1 is 1.18 bits per heavy atom. The number of methoxy groups -OCH3 is 1. The molecule has 1 unspecified atom stereocenters. The topological polar surface area (TPSA) is 89.5 Å². The van der Waals surface area contributed by atoms with Crippen LogP contribution in [0.15, 0.2) is 36.5 Å². The summed E-state index contributed by atoms with van der Waals surface area (Å²) in [7, 11) is 1.49. The average Bonchev–Trinajstić information content (AvgIpc) is 3.48. The van der Waals surface area contributed by atoms with Gasteiger partial charge < -0.3 is 14.8 Å². The minimum atomic E-state index is -0.454. The summed E-state index contributed by atoms with van der Waals surface area (Å²) in [6.07, 6.45) is 4.56. The molecule has 1 saturated heterocycles. The van der Waals surface area contributed by atoms with Crippen molar-refractivity contribution in [2.45, 2.75) is 37.8 Å². The Morgan fingerprint density at radius 2 is 2.06 bits per heavy atom. The summed E-state index contributed by atoms with van der Waals surface area (Å²) in [6.45, 7) is 1.87. The maximum absolute atomic E-state index is 14.8. The van der Waals surface area contributed by atoms with Crippen LogP contribution in [0.2, 0.25) is 0 Å². The molecule has 8 nitrogen and oxygen atoms in total. The molecule has 1 N–H and O–H groups in total. The van der Waals surface area contributed by atoms with Crippen molar-refractivity contribution in [1.29, 1.82) is 0 Å². The molecule has 9 heteroatoms. The second-order valence-electron chi connectivity index (χ2n) is 8.83. The Hall–Kier alpha value is -3.59. The fraction of sp³-hybridized carbons (Fsp3) is 0.360. The number of carbonyl (C=O) groups is 1. The number of ether oxygens (including phenoxy) is 2. The predicted molar refractivity (Wildman–Crippen MR) is 123 cm³/mol. The summed E-state index contributed by atoms with van der Waals surface area (Å²) < 4.78 is 26.3. The largest absolute Gasteiger partial charge is 0.496 e. The number of nitrogens with zero attached hydrogens (tertiary/aromatic N) is 4. The quantitative estimate of drug-likeness (QED) is 0.601. The highest BCUT2D eigenvalue weighted by atomic mass is 19.1. The van der Waals surface area contributed by atoms with Crippen LogP contribution in [0.5, 0.6) is 11.8 Å². The van der Waals surface area contributed by atoms with Gasteiger partial charge in [0.1, 0.15) is 23.5 Å². The van der Waals surface area contributed by atoms with Gasteiger partial charge in [-0.05, 0) is 44.0 Å². The van der Waals surface area contributed by atoms with Crippen molar-refractivity contribution in [1.82, 2.24) is 20.3 Å². The Morgan fingerprint density at radius 3 is 2.82 bits per heavy atom.